The van der Waals surface area contributed by atoms with Crippen molar-refractivity contribution in [2.24, 2.45) is 0 Å². The maximum atomic E-state index is 12.4. The topological polar surface area (TPSA) is 75.7 Å². The Morgan fingerprint density at radius 2 is 2.00 bits per heavy atom. The monoisotopic (exact) mass is 328 g/mol. The van der Waals surface area contributed by atoms with E-state index in [2.05, 4.69) is 4.72 Å². The molecule has 0 aromatic heterocycles. The number of nitrogens with one attached hydrogen (secondary N) is 1. The van der Waals surface area contributed by atoms with Crippen LogP contribution in [-0.4, -0.2) is 46.0 Å². The molecule has 1 N–H and O–H groups in total. The maximum Gasteiger partial charge on any atom is 0.244 e. The number of hydrogen-bond acceptors (Lipinski definition) is 4. The van der Waals surface area contributed by atoms with Gasteiger partial charge in [0.15, 0.2) is 0 Å². The molecule has 0 radical (unpaired) electrons. The van der Waals surface area contributed by atoms with Crippen LogP contribution in [0, 0.1) is 6.92 Å². The first kappa shape index (κ1) is 18.4. The van der Waals surface area contributed by atoms with E-state index in [1.807, 2.05) is 13.8 Å². The number of ether oxygens (including phenoxy) is 1. The summed E-state index contributed by atoms with van der Waals surface area (Å²) in [6, 6.07) is 4.98. The second-order valence-corrected chi connectivity index (χ2v) is 6.79. The van der Waals surface area contributed by atoms with E-state index in [9.17, 15) is 13.2 Å². The second kappa shape index (κ2) is 8.14. The van der Waals surface area contributed by atoms with Crippen LogP contribution in [0.2, 0.25) is 0 Å². The van der Waals surface area contributed by atoms with Crippen molar-refractivity contribution in [1.82, 2.24) is 9.62 Å². The van der Waals surface area contributed by atoms with Gasteiger partial charge in [-0.2, -0.15) is 0 Å². The average Bonchev–Trinajstić information content (AvgIpc) is 2.46. The van der Waals surface area contributed by atoms with Gasteiger partial charge in [-0.25, -0.2) is 13.1 Å². The van der Waals surface area contributed by atoms with Crippen molar-refractivity contribution in [2.75, 3.05) is 26.7 Å². The summed E-state index contributed by atoms with van der Waals surface area (Å²) >= 11 is 0. The van der Waals surface area contributed by atoms with Crippen LogP contribution < -0.4 is 9.46 Å². The largest absolute Gasteiger partial charge is 0.495 e. The summed E-state index contributed by atoms with van der Waals surface area (Å²) in [7, 11) is -2.24. The van der Waals surface area contributed by atoms with Crippen LogP contribution in [0.25, 0.3) is 0 Å². The number of rotatable bonds is 8. The van der Waals surface area contributed by atoms with Crippen LogP contribution in [0.1, 0.15) is 25.8 Å². The standard InChI is InChI=1S/C15H24N2O4S/c1-5-9-17(13(3)18)10-8-16-22(19,20)15-11-12(2)6-7-14(15)21-4/h6-7,11,16H,5,8-10H2,1-4H3. The molecule has 0 atom stereocenters. The molecular formula is C15H24N2O4S. The van der Waals surface area contributed by atoms with E-state index in [1.165, 1.54) is 14.0 Å². The lowest BCUT2D eigenvalue weighted by Crippen LogP contribution is -2.37. The quantitative estimate of drug-likeness (QED) is 0.785. The number of sulfonamides is 1. The van der Waals surface area contributed by atoms with Gasteiger partial charge in [-0.3, -0.25) is 4.79 Å². The first-order chi connectivity index (χ1) is 10.3. The summed E-state index contributed by atoms with van der Waals surface area (Å²) in [6.45, 7) is 6.39. The number of nitrogens with zero attached hydrogens (tertiary/aromatic N) is 1. The molecule has 124 valence electrons. The third kappa shape index (κ3) is 4.99. The Morgan fingerprint density at radius 1 is 1.32 bits per heavy atom. The minimum atomic E-state index is -3.67. The number of hydrogen-bond donors (Lipinski definition) is 1. The molecule has 0 saturated heterocycles. The van der Waals surface area contributed by atoms with Gasteiger partial charge < -0.3 is 9.64 Å². The molecule has 0 aliphatic heterocycles. The molecule has 0 saturated carbocycles. The van der Waals surface area contributed by atoms with E-state index in [0.29, 0.717) is 18.8 Å². The van der Waals surface area contributed by atoms with Gasteiger partial charge in [-0.15, -0.1) is 0 Å². The zero-order valence-electron chi connectivity index (χ0n) is 13.5. The van der Waals surface area contributed by atoms with Gasteiger partial charge in [0.25, 0.3) is 0 Å². The summed E-state index contributed by atoms with van der Waals surface area (Å²) in [4.78, 5) is 13.2. The van der Waals surface area contributed by atoms with Crippen LogP contribution in [0.3, 0.4) is 0 Å². The highest BCUT2D eigenvalue weighted by Crippen LogP contribution is 2.24. The molecule has 1 aromatic carbocycles. The summed E-state index contributed by atoms with van der Waals surface area (Å²) < 4.78 is 32.4. The third-order valence-corrected chi connectivity index (χ3v) is 4.70. The smallest absolute Gasteiger partial charge is 0.244 e. The minimum absolute atomic E-state index is 0.0609. The lowest BCUT2D eigenvalue weighted by atomic mass is 10.2. The Labute approximate surface area is 132 Å². The lowest BCUT2D eigenvalue weighted by Gasteiger charge is -2.20. The van der Waals surface area contributed by atoms with E-state index < -0.39 is 10.0 Å². The van der Waals surface area contributed by atoms with Gasteiger partial charge in [0, 0.05) is 26.6 Å². The predicted octanol–water partition coefficient (Wildman–Crippen LogP) is 1.54. The fraction of sp³-hybridized carbons (Fsp3) is 0.533. The second-order valence-electron chi connectivity index (χ2n) is 5.06. The molecule has 0 aliphatic rings. The lowest BCUT2D eigenvalue weighted by molar-refractivity contribution is -0.128. The number of methoxy groups -OCH3 is 1. The first-order valence-electron chi connectivity index (χ1n) is 7.21. The SMILES string of the molecule is CCCN(CCNS(=O)(=O)c1cc(C)ccc1OC)C(C)=O. The van der Waals surface area contributed by atoms with E-state index in [0.717, 1.165) is 12.0 Å². The molecule has 0 bridgehead atoms. The highest BCUT2D eigenvalue weighted by atomic mass is 32.2. The van der Waals surface area contributed by atoms with Crippen LogP contribution in [0.4, 0.5) is 0 Å². The zero-order chi connectivity index (χ0) is 16.8. The first-order valence-corrected chi connectivity index (χ1v) is 8.70. The summed E-state index contributed by atoms with van der Waals surface area (Å²) in [5.74, 6) is 0.240. The fourth-order valence-electron chi connectivity index (χ4n) is 2.08. The summed E-state index contributed by atoms with van der Waals surface area (Å²) in [5.41, 5.74) is 0.831. The molecule has 6 nitrogen and oxygen atoms in total. The molecule has 7 heteroatoms. The Hall–Kier alpha value is -1.60. The van der Waals surface area contributed by atoms with E-state index >= 15 is 0 Å². The Kier molecular flexibility index (Phi) is 6.83. The van der Waals surface area contributed by atoms with Gasteiger partial charge in [0.2, 0.25) is 15.9 Å². The van der Waals surface area contributed by atoms with Crippen molar-refractivity contribution < 1.29 is 17.9 Å². The van der Waals surface area contributed by atoms with Crippen molar-refractivity contribution in [3.8, 4) is 5.75 Å². The molecule has 22 heavy (non-hydrogen) atoms. The van der Waals surface area contributed by atoms with Gasteiger partial charge >= 0.3 is 0 Å². The normalized spacial score (nSPS) is 11.3. The number of amides is 1. The molecule has 0 spiro atoms. The van der Waals surface area contributed by atoms with E-state index in [1.54, 1.807) is 23.1 Å². The number of carbonyl (C=O) groups excluding carboxylic acids is 1. The maximum absolute atomic E-state index is 12.4. The zero-order valence-corrected chi connectivity index (χ0v) is 14.4. The Bertz CT molecular complexity index is 614. The number of carbonyl (C=O) groups is 1. The molecule has 1 rings (SSSR count). The Balaban J connectivity index is 2.80. The summed E-state index contributed by atoms with van der Waals surface area (Å²) in [6.07, 6.45) is 0.831. The number of benzene rings is 1. The van der Waals surface area contributed by atoms with Gasteiger partial charge in [-0.1, -0.05) is 13.0 Å². The van der Waals surface area contributed by atoms with Crippen LogP contribution in [-0.2, 0) is 14.8 Å². The highest BCUT2D eigenvalue weighted by Gasteiger charge is 2.19. The van der Waals surface area contributed by atoms with Gasteiger partial charge in [0.05, 0.1) is 7.11 Å². The van der Waals surface area contributed by atoms with Crippen molar-refractivity contribution in [3.63, 3.8) is 0 Å². The fourth-order valence-corrected chi connectivity index (χ4v) is 3.36. The molecule has 0 unspecified atom stereocenters. The van der Waals surface area contributed by atoms with Crippen LogP contribution >= 0.6 is 0 Å². The van der Waals surface area contributed by atoms with E-state index in [-0.39, 0.29) is 17.3 Å². The minimum Gasteiger partial charge on any atom is -0.495 e. The van der Waals surface area contributed by atoms with Crippen LogP contribution in [0.5, 0.6) is 5.75 Å². The van der Waals surface area contributed by atoms with Crippen molar-refractivity contribution in [3.05, 3.63) is 23.8 Å². The van der Waals surface area contributed by atoms with Crippen molar-refractivity contribution in [2.45, 2.75) is 32.1 Å². The molecule has 0 heterocycles. The molecule has 1 amide bonds. The van der Waals surface area contributed by atoms with E-state index in [4.69, 9.17) is 4.74 Å². The van der Waals surface area contributed by atoms with Gasteiger partial charge in [0.1, 0.15) is 10.6 Å². The molecule has 0 aliphatic carbocycles. The van der Waals surface area contributed by atoms with Crippen molar-refractivity contribution >= 4 is 15.9 Å². The molecule has 1 aromatic rings. The number of aryl methyl sites for hydroxylation is 1. The van der Waals surface area contributed by atoms with Crippen LogP contribution in [0.15, 0.2) is 23.1 Å². The van der Waals surface area contributed by atoms with Gasteiger partial charge in [-0.05, 0) is 31.0 Å². The summed E-state index contributed by atoms with van der Waals surface area (Å²) in [5, 5.41) is 0. The predicted molar refractivity (Wildman–Crippen MR) is 85.5 cm³/mol. The molecular weight excluding hydrogens is 304 g/mol. The third-order valence-electron chi connectivity index (χ3n) is 3.22. The highest BCUT2D eigenvalue weighted by molar-refractivity contribution is 7.89. The Morgan fingerprint density at radius 3 is 2.55 bits per heavy atom. The van der Waals surface area contributed by atoms with Crippen molar-refractivity contribution in [1.29, 1.82) is 0 Å². The molecule has 0 fully saturated rings. The average molecular weight is 328 g/mol.